The molecule has 0 N–H and O–H groups in total. The zero-order valence-electron chi connectivity index (χ0n) is 8.93. The minimum atomic E-state index is 0.695. The van der Waals surface area contributed by atoms with Crippen molar-refractivity contribution in [2.45, 2.75) is 26.2 Å². The number of rotatable bonds is 5. The zero-order valence-corrected chi connectivity index (χ0v) is 14.2. The fourth-order valence-electron chi connectivity index (χ4n) is 1.02. The molecule has 0 unspecified atom stereocenters. The van der Waals surface area contributed by atoms with E-state index in [-0.39, 0.29) is 0 Å². The third-order valence-electron chi connectivity index (χ3n) is 1.75. The Morgan fingerprint density at radius 3 is 2.67 bits per heavy atom. The molecule has 4 heteroatoms. The molecule has 0 saturated heterocycles. The number of halogens is 2. The Morgan fingerprint density at radius 2 is 2.13 bits per heavy atom. The zero-order chi connectivity index (χ0) is 11.5. The molecular weight excluding hydrogens is 329 g/mol. The second-order valence-electron chi connectivity index (χ2n) is 2.93. The standard InChI is InChI=1S/C11H14ClO.BrH.Zn/c1-2-3-4-9-13-11-7-5-10(12)6-8-11;;/h5-7H,2-4,9H2,1H3;1H;/q-1;;+2/p-1. The Morgan fingerprint density at radius 1 is 1.40 bits per heavy atom. The van der Waals surface area contributed by atoms with Gasteiger partial charge in [0.2, 0.25) is 0 Å². The van der Waals surface area contributed by atoms with Crippen LogP contribution in [0.3, 0.4) is 0 Å². The first kappa shape index (κ1) is 15.4. The SMILES string of the molecule is CCCCCOc1[c-]cc(Cl)cc1.[Zn+][Br]. The van der Waals surface area contributed by atoms with Crippen LogP contribution in [0.5, 0.6) is 5.75 Å². The topological polar surface area (TPSA) is 9.23 Å². The fraction of sp³-hybridized carbons (Fsp3) is 0.455. The second-order valence-corrected chi connectivity index (χ2v) is 3.36. The molecule has 15 heavy (non-hydrogen) atoms. The van der Waals surface area contributed by atoms with E-state index in [2.05, 4.69) is 26.6 Å². The van der Waals surface area contributed by atoms with E-state index in [9.17, 15) is 0 Å². The third kappa shape index (κ3) is 8.24. The Bertz CT molecular complexity index is 241. The van der Waals surface area contributed by atoms with Gasteiger partial charge in [0.15, 0.2) is 0 Å². The van der Waals surface area contributed by atoms with Crippen LogP contribution in [0.4, 0.5) is 0 Å². The van der Waals surface area contributed by atoms with E-state index in [0.717, 1.165) is 18.8 Å². The van der Waals surface area contributed by atoms with Crippen LogP contribution in [0.1, 0.15) is 26.2 Å². The van der Waals surface area contributed by atoms with Crippen molar-refractivity contribution in [3.05, 3.63) is 29.3 Å². The second kappa shape index (κ2) is 10.9. The molecule has 1 aromatic rings. The van der Waals surface area contributed by atoms with Gasteiger partial charge in [0.25, 0.3) is 0 Å². The van der Waals surface area contributed by atoms with Gasteiger partial charge in [-0.05, 0) is 6.42 Å². The van der Waals surface area contributed by atoms with E-state index in [1.165, 1.54) is 29.2 Å². The van der Waals surface area contributed by atoms with Crippen molar-refractivity contribution in [1.82, 2.24) is 0 Å². The van der Waals surface area contributed by atoms with E-state index in [0.29, 0.717) is 5.02 Å². The van der Waals surface area contributed by atoms with Gasteiger partial charge in [-0.25, -0.2) is 0 Å². The molecule has 0 aliphatic rings. The Hall–Kier alpha value is 0.413. The normalized spacial score (nSPS) is 9.13. The first-order valence-corrected chi connectivity index (χ1v) is 12.2. The predicted molar refractivity (Wildman–Crippen MR) is 64.2 cm³/mol. The van der Waals surface area contributed by atoms with Crippen molar-refractivity contribution >= 4 is 25.2 Å². The van der Waals surface area contributed by atoms with Crippen molar-refractivity contribution in [2.75, 3.05) is 6.61 Å². The van der Waals surface area contributed by atoms with E-state index >= 15 is 0 Å². The van der Waals surface area contributed by atoms with Gasteiger partial charge in [-0.15, -0.1) is 12.1 Å². The molecule has 1 rings (SSSR count). The predicted octanol–water partition coefficient (Wildman–Crippen LogP) is 4.55. The van der Waals surface area contributed by atoms with Crippen LogP contribution in [0, 0.1) is 6.07 Å². The average molecular weight is 343 g/mol. The summed E-state index contributed by atoms with van der Waals surface area (Å²) in [5, 5.41) is 0.695. The summed E-state index contributed by atoms with van der Waals surface area (Å²) in [7, 11) is 0. The van der Waals surface area contributed by atoms with E-state index in [4.69, 9.17) is 16.3 Å². The molecule has 0 aromatic heterocycles. The molecule has 80 valence electrons. The van der Waals surface area contributed by atoms with Gasteiger partial charge in [0.05, 0.1) is 6.61 Å². The summed E-state index contributed by atoms with van der Waals surface area (Å²) in [6, 6.07) is 8.33. The molecule has 1 aromatic carbocycles. The molecular formula is C11H14BrClOZn. The monoisotopic (exact) mass is 340 g/mol. The van der Waals surface area contributed by atoms with Gasteiger partial charge in [-0.1, -0.05) is 24.8 Å². The molecule has 0 saturated carbocycles. The first-order chi connectivity index (χ1) is 7.33. The quantitative estimate of drug-likeness (QED) is 0.433. The van der Waals surface area contributed by atoms with Gasteiger partial charge in [0, 0.05) is 5.75 Å². The number of ether oxygens (including phenoxy) is 1. The van der Waals surface area contributed by atoms with Crippen LogP contribution in [-0.4, -0.2) is 6.61 Å². The molecule has 0 aliphatic heterocycles. The van der Waals surface area contributed by atoms with Gasteiger partial charge in [-0.2, -0.15) is 23.7 Å². The minimum absolute atomic E-state index is 0.695. The van der Waals surface area contributed by atoms with Crippen LogP contribution in [0.25, 0.3) is 0 Å². The van der Waals surface area contributed by atoms with Crippen molar-refractivity contribution < 1.29 is 21.1 Å². The van der Waals surface area contributed by atoms with Crippen molar-refractivity contribution in [3.8, 4) is 5.75 Å². The molecule has 0 amide bonds. The van der Waals surface area contributed by atoms with E-state index < -0.39 is 0 Å². The summed E-state index contributed by atoms with van der Waals surface area (Å²) in [6.07, 6.45) is 3.54. The van der Waals surface area contributed by atoms with Gasteiger partial charge >= 0.3 is 30.0 Å². The third-order valence-corrected chi connectivity index (χ3v) is 1.99. The van der Waals surface area contributed by atoms with E-state index in [1.807, 2.05) is 12.1 Å². The molecule has 0 spiro atoms. The maximum absolute atomic E-state index is 5.71. The number of hydrogen-bond acceptors (Lipinski definition) is 1. The number of hydrogen-bond donors (Lipinski definition) is 0. The summed E-state index contributed by atoms with van der Waals surface area (Å²) >= 11 is 9.96. The van der Waals surface area contributed by atoms with Gasteiger partial charge < -0.3 is 4.74 Å². The summed E-state index contributed by atoms with van der Waals surface area (Å²) < 4.78 is 5.45. The first-order valence-electron chi connectivity index (χ1n) is 4.89. The van der Waals surface area contributed by atoms with Crippen LogP contribution < -0.4 is 4.74 Å². The van der Waals surface area contributed by atoms with Crippen molar-refractivity contribution in [3.63, 3.8) is 0 Å². The summed E-state index contributed by atoms with van der Waals surface area (Å²) in [5.74, 6) is 0.778. The van der Waals surface area contributed by atoms with Crippen LogP contribution in [-0.2, 0) is 16.3 Å². The summed E-state index contributed by atoms with van der Waals surface area (Å²) in [5.41, 5.74) is 0. The average Bonchev–Trinajstić information content (AvgIpc) is 2.30. The van der Waals surface area contributed by atoms with E-state index in [1.54, 1.807) is 6.07 Å². The molecule has 0 radical (unpaired) electrons. The Balaban J connectivity index is 0.000000921. The van der Waals surface area contributed by atoms with Gasteiger partial charge in [-0.3, -0.25) is 0 Å². The molecule has 0 heterocycles. The molecule has 0 aliphatic carbocycles. The fourth-order valence-corrected chi connectivity index (χ4v) is 1.13. The summed E-state index contributed by atoms with van der Waals surface area (Å²) in [4.78, 5) is 0. The molecule has 0 atom stereocenters. The maximum atomic E-state index is 5.71. The Labute approximate surface area is 114 Å². The number of unbranched alkanes of at least 4 members (excludes halogenated alkanes) is 2. The Kier molecular flexibility index (Phi) is 11.2. The molecule has 1 nitrogen and oxygen atoms in total. The molecule has 0 bridgehead atoms. The van der Waals surface area contributed by atoms with Crippen molar-refractivity contribution in [1.29, 1.82) is 0 Å². The summed E-state index contributed by atoms with van der Waals surface area (Å²) in [6.45, 7) is 2.94. The van der Waals surface area contributed by atoms with Crippen LogP contribution in [0.15, 0.2) is 18.2 Å². The van der Waals surface area contributed by atoms with Gasteiger partial charge in [0.1, 0.15) is 0 Å². The van der Waals surface area contributed by atoms with Crippen LogP contribution in [0.2, 0.25) is 5.02 Å². The number of benzene rings is 1. The van der Waals surface area contributed by atoms with Crippen molar-refractivity contribution in [2.24, 2.45) is 0 Å². The van der Waals surface area contributed by atoms with Crippen LogP contribution >= 0.6 is 25.2 Å². The molecule has 0 fully saturated rings.